The van der Waals surface area contributed by atoms with Crippen LogP contribution in [0.1, 0.15) is 97.7 Å². The van der Waals surface area contributed by atoms with Gasteiger partial charge in [-0.05, 0) is 57.2 Å². The zero-order valence-corrected chi connectivity index (χ0v) is 23.1. The summed E-state index contributed by atoms with van der Waals surface area (Å²) >= 11 is 0. The quantitative estimate of drug-likeness (QED) is 0.289. The third-order valence-electron chi connectivity index (χ3n) is 5.93. The Morgan fingerprint density at radius 3 is 2.19 bits per heavy atom. The van der Waals surface area contributed by atoms with E-state index in [4.69, 9.17) is 11.2 Å². The van der Waals surface area contributed by atoms with Crippen LogP contribution in [0.3, 0.4) is 0 Å². The summed E-state index contributed by atoms with van der Waals surface area (Å²) in [6, 6.07) is 5.44. The number of alkyl carbamates (subject to hydrolysis) is 1. The number of terminal acetylenes is 1. The third kappa shape index (κ3) is 9.93. The van der Waals surface area contributed by atoms with Crippen LogP contribution < -0.4 is 10.6 Å². The van der Waals surface area contributed by atoms with Crippen LogP contribution in [0.25, 0.3) is 0 Å². The second kappa shape index (κ2) is 15.2. The van der Waals surface area contributed by atoms with Gasteiger partial charge >= 0.3 is 6.09 Å². The fourth-order valence-corrected chi connectivity index (χ4v) is 3.82. The molecule has 2 N–H and O–H groups in total. The molecular formula is C29H45N3O4. The van der Waals surface area contributed by atoms with Crippen LogP contribution in [-0.4, -0.2) is 47.5 Å². The monoisotopic (exact) mass is 499 g/mol. The minimum absolute atomic E-state index is 0.165. The average Bonchev–Trinajstić information content (AvgIpc) is 2.83. The molecule has 1 rings (SSSR count). The second-order valence-corrected chi connectivity index (χ2v) is 10.2. The molecule has 0 aliphatic heterocycles. The maximum Gasteiger partial charge on any atom is 0.408 e. The van der Waals surface area contributed by atoms with Crippen molar-refractivity contribution in [1.82, 2.24) is 15.5 Å². The van der Waals surface area contributed by atoms with Crippen LogP contribution in [0.5, 0.6) is 0 Å². The summed E-state index contributed by atoms with van der Waals surface area (Å²) in [5, 5.41) is 5.78. The molecule has 0 radical (unpaired) electrons. The van der Waals surface area contributed by atoms with Gasteiger partial charge in [0.15, 0.2) is 0 Å². The van der Waals surface area contributed by atoms with Crippen LogP contribution in [-0.2, 0) is 14.3 Å². The molecule has 1 aromatic carbocycles. The zero-order chi connectivity index (χ0) is 27.3. The number of rotatable bonds is 13. The highest BCUT2D eigenvalue weighted by Gasteiger charge is 2.37. The minimum atomic E-state index is -0.849. The Hall–Kier alpha value is -3.01. The molecule has 0 saturated carbocycles. The molecule has 1 aromatic rings. The van der Waals surface area contributed by atoms with Gasteiger partial charge in [0.1, 0.15) is 17.7 Å². The number of nitrogens with one attached hydrogen (secondary N) is 2. The Labute approximate surface area is 217 Å². The molecule has 3 atom stereocenters. The topological polar surface area (TPSA) is 87.7 Å². The number of carbonyl (C=O) groups is 3. The molecule has 36 heavy (non-hydrogen) atoms. The Morgan fingerprint density at radius 2 is 1.69 bits per heavy atom. The van der Waals surface area contributed by atoms with Crippen LogP contribution in [0.15, 0.2) is 24.3 Å². The van der Waals surface area contributed by atoms with Gasteiger partial charge in [-0.3, -0.25) is 9.59 Å². The van der Waals surface area contributed by atoms with E-state index in [1.165, 1.54) is 0 Å². The van der Waals surface area contributed by atoms with E-state index in [1.54, 1.807) is 49.9 Å². The van der Waals surface area contributed by atoms with E-state index in [0.29, 0.717) is 37.1 Å². The SMILES string of the molecule is C#Cc1ccc(C(C(=O)NCCCCC)N(CCC)C(=O)C(NC(=O)OC(C)(C)C)C(C)CC)cc1. The zero-order valence-electron chi connectivity index (χ0n) is 23.1. The van der Waals surface area contributed by atoms with Gasteiger partial charge in [0.2, 0.25) is 11.8 Å². The van der Waals surface area contributed by atoms with E-state index in [9.17, 15) is 14.4 Å². The standard InChI is InChI=1S/C29H45N3O4/c1-9-13-14-19-30-26(33)25(23-17-15-22(12-4)16-18-23)32(20-10-2)27(34)24(21(5)11-3)31-28(35)36-29(6,7)8/h4,15-18,21,24-25H,9-11,13-14,19-20H2,1-3,5-8H3,(H,30,33)(H,31,35). The first-order valence-electron chi connectivity index (χ1n) is 13.1. The van der Waals surface area contributed by atoms with Crippen LogP contribution >= 0.6 is 0 Å². The third-order valence-corrected chi connectivity index (χ3v) is 5.93. The molecule has 200 valence electrons. The van der Waals surface area contributed by atoms with Gasteiger partial charge < -0.3 is 20.3 Å². The van der Waals surface area contributed by atoms with Crippen molar-refractivity contribution >= 4 is 17.9 Å². The van der Waals surface area contributed by atoms with E-state index < -0.39 is 23.8 Å². The van der Waals surface area contributed by atoms with Crippen molar-refractivity contribution in [2.24, 2.45) is 5.92 Å². The molecule has 7 heteroatoms. The number of amides is 3. The van der Waals surface area contributed by atoms with E-state index in [0.717, 1.165) is 19.3 Å². The second-order valence-electron chi connectivity index (χ2n) is 10.2. The van der Waals surface area contributed by atoms with Crippen molar-refractivity contribution in [1.29, 1.82) is 0 Å². The Balaban J connectivity index is 3.40. The number of benzene rings is 1. The summed E-state index contributed by atoms with van der Waals surface area (Å²) in [7, 11) is 0. The van der Waals surface area contributed by atoms with Crippen molar-refractivity contribution in [2.45, 2.75) is 98.3 Å². The van der Waals surface area contributed by atoms with Gasteiger partial charge in [0, 0.05) is 18.7 Å². The van der Waals surface area contributed by atoms with Gasteiger partial charge in [-0.2, -0.15) is 0 Å². The van der Waals surface area contributed by atoms with Gasteiger partial charge in [0.05, 0.1) is 0 Å². The van der Waals surface area contributed by atoms with Crippen molar-refractivity contribution in [3.63, 3.8) is 0 Å². The van der Waals surface area contributed by atoms with Crippen molar-refractivity contribution in [3.05, 3.63) is 35.4 Å². The number of carbonyl (C=O) groups excluding carboxylic acids is 3. The first-order valence-corrected chi connectivity index (χ1v) is 13.1. The predicted octanol–water partition coefficient (Wildman–Crippen LogP) is 5.19. The normalized spacial score (nSPS) is 13.6. The lowest BCUT2D eigenvalue weighted by Gasteiger charge is -2.36. The highest BCUT2D eigenvalue weighted by atomic mass is 16.6. The summed E-state index contributed by atoms with van der Waals surface area (Å²) in [6.07, 6.45) is 9.09. The Kier molecular flexibility index (Phi) is 13.1. The average molecular weight is 500 g/mol. The van der Waals surface area contributed by atoms with Crippen molar-refractivity contribution in [3.8, 4) is 12.3 Å². The lowest BCUT2D eigenvalue weighted by Crippen LogP contribution is -2.55. The summed E-state index contributed by atoms with van der Waals surface area (Å²) in [5.41, 5.74) is 0.665. The summed E-state index contributed by atoms with van der Waals surface area (Å²) in [6.45, 7) is 14.1. The molecule has 0 aliphatic carbocycles. The fourth-order valence-electron chi connectivity index (χ4n) is 3.82. The Morgan fingerprint density at radius 1 is 1.06 bits per heavy atom. The van der Waals surface area contributed by atoms with Crippen LogP contribution in [0.4, 0.5) is 4.79 Å². The molecule has 0 heterocycles. The van der Waals surface area contributed by atoms with Gasteiger partial charge in [-0.15, -0.1) is 6.42 Å². The highest BCUT2D eigenvalue weighted by molar-refractivity contribution is 5.92. The maximum absolute atomic E-state index is 14.0. The van der Waals surface area contributed by atoms with E-state index in [-0.39, 0.29) is 17.7 Å². The van der Waals surface area contributed by atoms with E-state index >= 15 is 0 Å². The smallest absolute Gasteiger partial charge is 0.408 e. The highest BCUT2D eigenvalue weighted by Crippen LogP contribution is 2.25. The van der Waals surface area contributed by atoms with Crippen molar-refractivity contribution < 1.29 is 19.1 Å². The van der Waals surface area contributed by atoms with Crippen LogP contribution in [0.2, 0.25) is 0 Å². The number of nitrogens with zero attached hydrogens (tertiary/aromatic N) is 1. The van der Waals surface area contributed by atoms with Gasteiger partial charge in [-0.1, -0.05) is 65.0 Å². The molecule has 0 spiro atoms. The van der Waals surface area contributed by atoms with Crippen LogP contribution in [0, 0.1) is 18.3 Å². The largest absolute Gasteiger partial charge is 0.444 e. The number of unbranched alkanes of at least 4 members (excludes halogenated alkanes) is 2. The first kappa shape index (κ1) is 31.0. The summed E-state index contributed by atoms with van der Waals surface area (Å²) in [4.78, 5) is 41.7. The first-order chi connectivity index (χ1) is 17.0. The molecule has 0 bridgehead atoms. The molecule has 0 aliphatic rings. The number of hydrogen-bond donors (Lipinski definition) is 2. The van der Waals surface area contributed by atoms with Gasteiger partial charge in [-0.25, -0.2) is 4.79 Å². The summed E-state index contributed by atoms with van der Waals surface area (Å²) < 4.78 is 5.43. The molecule has 7 nitrogen and oxygen atoms in total. The van der Waals surface area contributed by atoms with Crippen molar-refractivity contribution in [2.75, 3.05) is 13.1 Å². The molecular weight excluding hydrogens is 454 g/mol. The van der Waals surface area contributed by atoms with E-state index in [1.807, 2.05) is 20.8 Å². The van der Waals surface area contributed by atoms with Gasteiger partial charge in [0.25, 0.3) is 0 Å². The van der Waals surface area contributed by atoms with E-state index in [2.05, 4.69) is 23.5 Å². The maximum atomic E-state index is 14.0. The molecule has 3 unspecified atom stereocenters. The molecule has 0 fully saturated rings. The lowest BCUT2D eigenvalue weighted by atomic mass is 9.95. The molecule has 0 saturated heterocycles. The fraction of sp³-hybridized carbons (Fsp3) is 0.621. The minimum Gasteiger partial charge on any atom is -0.444 e. The number of ether oxygens (including phenoxy) is 1. The molecule has 0 aromatic heterocycles. The number of hydrogen-bond acceptors (Lipinski definition) is 4. The predicted molar refractivity (Wildman–Crippen MR) is 144 cm³/mol. The summed E-state index contributed by atoms with van der Waals surface area (Å²) in [5.74, 6) is 1.86. The Bertz CT molecular complexity index is 883. The lowest BCUT2D eigenvalue weighted by molar-refractivity contribution is -0.143. The molecule has 3 amide bonds.